The zero-order chi connectivity index (χ0) is 11.8. The van der Waals surface area contributed by atoms with Gasteiger partial charge in [-0.25, -0.2) is 4.39 Å². The van der Waals surface area contributed by atoms with Crippen LogP contribution in [0.4, 0.5) is 4.39 Å². The van der Waals surface area contributed by atoms with E-state index in [9.17, 15) is 4.39 Å². The van der Waals surface area contributed by atoms with Gasteiger partial charge in [0.05, 0.1) is 6.61 Å². The highest BCUT2D eigenvalue weighted by Gasteiger charge is 2.28. The highest BCUT2D eigenvalue weighted by molar-refractivity contribution is 5.47. The molecular weight excluding hydrogens is 207 g/mol. The number of aliphatic hydroxyl groups excluding tert-OH is 1. The fourth-order valence-corrected chi connectivity index (χ4v) is 2.19. The van der Waals surface area contributed by atoms with Gasteiger partial charge >= 0.3 is 0 Å². The molecule has 0 spiro atoms. The number of rotatable bonds is 3. The van der Waals surface area contributed by atoms with E-state index in [1.165, 1.54) is 6.07 Å². The van der Waals surface area contributed by atoms with Gasteiger partial charge in [-0.15, -0.1) is 0 Å². The molecule has 0 amide bonds. The van der Waals surface area contributed by atoms with Crippen LogP contribution in [-0.4, -0.2) is 18.3 Å². The Morgan fingerprint density at radius 2 is 2.19 bits per heavy atom. The Balaban J connectivity index is 2.48. The molecule has 1 aromatic carbocycles. The zero-order valence-corrected chi connectivity index (χ0v) is 9.72. The van der Waals surface area contributed by atoms with Crippen LogP contribution in [-0.2, 0) is 11.8 Å². The second kappa shape index (κ2) is 4.06. The number of ether oxygens (including phenoxy) is 1. The lowest BCUT2D eigenvalue weighted by Crippen LogP contribution is -2.20. The van der Waals surface area contributed by atoms with Gasteiger partial charge in [0.1, 0.15) is 11.6 Å². The lowest BCUT2D eigenvalue weighted by molar-refractivity contribution is 0.248. The Morgan fingerprint density at radius 3 is 2.88 bits per heavy atom. The second-order valence-corrected chi connectivity index (χ2v) is 4.90. The average Bonchev–Trinajstić information content (AvgIpc) is 2.63. The van der Waals surface area contributed by atoms with Gasteiger partial charge in [0.25, 0.3) is 0 Å². The van der Waals surface area contributed by atoms with Crippen LogP contribution in [0.15, 0.2) is 12.1 Å². The molecule has 1 N–H and O–H groups in total. The Kier molecular flexibility index (Phi) is 2.89. The van der Waals surface area contributed by atoms with E-state index in [4.69, 9.17) is 9.84 Å². The predicted molar refractivity (Wildman–Crippen MR) is 60.3 cm³/mol. The number of fused-ring (bicyclic) bond motifs is 1. The molecule has 0 saturated heterocycles. The SMILES string of the molecule is CC(C)(CCO)c1cc(F)cc2c1OCC2. The monoisotopic (exact) mass is 224 g/mol. The van der Waals surface area contributed by atoms with Crippen LogP contribution in [0, 0.1) is 5.82 Å². The van der Waals surface area contributed by atoms with E-state index in [1.807, 2.05) is 13.8 Å². The summed E-state index contributed by atoms with van der Waals surface area (Å²) in [5.74, 6) is 0.602. The van der Waals surface area contributed by atoms with Crippen molar-refractivity contribution in [2.75, 3.05) is 13.2 Å². The zero-order valence-electron chi connectivity index (χ0n) is 9.72. The molecule has 0 aromatic heterocycles. The second-order valence-electron chi connectivity index (χ2n) is 4.90. The van der Waals surface area contributed by atoms with Crippen molar-refractivity contribution in [2.24, 2.45) is 0 Å². The van der Waals surface area contributed by atoms with E-state index in [-0.39, 0.29) is 17.8 Å². The summed E-state index contributed by atoms with van der Waals surface area (Å²) in [5, 5.41) is 9.05. The highest BCUT2D eigenvalue weighted by Crippen LogP contribution is 2.39. The molecule has 0 aliphatic carbocycles. The highest BCUT2D eigenvalue weighted by atomic mass is 19.1. The number of aliphatic hydroxyl groups is 1. The third-order valence-corrected chi connectivity index (χ3v) is 3.21. The molecule has 1 aromatic rings. The van der Waals surface area contributed by atoms with Crippen molar-refractivity contribution in [1.82, 2.24) is 0 Å². The largest absolute Gasteiger partial charge is 0.493 e. The summed E-state index contributed by atoms with van der Waals surface area (Å²) in [6.07, 6.45) is 1.38. The molecule has 0 atom stereocenters. The maximum Gasteiger partial charge on any atom is 0.126 e. The summed E-state index contributed by atoms with van der Waals surface area (Å²) in [6.45, 7) is 4.72. The quantitative estimate of drug-likeness (QED) is 0.854. The van der Waals surface area contributed by atoms with Crippen LogP contribution in [0.2, 0.25) is 0 Å². The summed E-state index contributed by atoms with van der Waals surface area (Å²) in [7, 11) is 0. The topological polar surface area (TPSA) is 29.5 Å². The van der Waals surface area contributed by atoms with E-state index >= 15 is 0 Å². The van der Waals surface area contributed by atoms with E-state index in [0.717, 1.165) is 23.3 Å². The molecule has 0 saturated carbocycles. The minimum Gasteiger partial charge on any atom is -0.493 e. The molecular formula is C13H17FO2. The summed E-state index contributed by atoms with van der Waals surface area (Å²) in [5.41, 5.74) is 1.56. The average molecular weight is 224 g/mol. The minimum absolute atomic E-state index is 0.0955. The molecule has 0 unspecified atom stereocenters. The van der Waals surface area contributed by atoms with Crippen molar-refractivity contribution in [3.05, 3.63) is 29.1 Å². The van der Waals surface area contributed by atoms with E-state index in [2.05, 4.69) is 0 Å². The molecule has 0 bridgehead atoms. The molecule has 0 fully saturated rings. The van der Waals surface area contributed by atoms with Crippen molar-refractivity contribution < 1.29 is 14.2 Å². The Hall–Kier alpha value is -1.09. The summed E-state index contributed by atoms with van der Waals surface area (Å²) in [4.78, 5) is 0. The van der Waals surface area contributed by atoms with Crippen molar-refractivity contribution in [3.8, 4) is 5.75 Å². The van der Waals surface area contributed by atoms with Crippen LogP contribution >= 0.6 is 0 Å². The number of halogens is 1. The van der Waals surface area contributed by atoms with Gasteiger partial charge in [0.15, 0.2) is 0 Å². The summed E-state index contributed by atoms with van der Waals surface area (Å²) < 4.78 is 19.0. The first kappa shape index (κ1) is 11.4. The predicted octanol–water partition coefficient (Wildman–Crippen LogP) is 2.42. The summed E-state index contributed by atoms with van der Waals surface area (Å²) in [6, 6.07) is 3.07. The first-order chi connectivity index (χ1) is 7.54. The van der Waals surface area contributed by atoms with Crippen LogP contribution in [0.5, 0.6) is 5.75 Å². The lowest BCUT2D eigenvalue weighted by atomic mass is 9.80. The Morgan fingerprint density at radius 1 is 1.44 bits per heavy atom. The van der Waals surface area contributed by atoms with Crippen molar-refractivity contribution in [1.29, 1.82) is 0 Å². The third-order valence-electron chi connectivity index (χ3n) is 3.21. The number of benzene rings is 1. The molecule has 2 rings (SSSR count). The molecule has 1 heterocycles. The van der Waals surface area contributed by atoms with Crippen LogP contribution in [0.25, 0.3) is 0 Å². The van der Waals surface area contributed by atoms with Gasteiger partial charge < -0.3 is 9.84 Å². The van der Waals surface area contributed by atoms with Gasteiger partial charge in [-0.05, 0) is 24.0 Å². The van der Waals surface area contributed by atoms with E-state index < -0.39 is 0 Å². The molecule has 0 radical (unpaired) electrons. The number of hydrogen-bond acceptors (Lipinski definition) is 2. The van der Waals surface area contributed by atoms with E-state index in [0.29, 0.717) is 13.0 Å². The van der Waals surface area contributed by atoms with Gasteiger partial charge in [-0.3, -0.25) is 0 Å². The minimum atomic E-state index is -0.259. The van der Waals surface area contributed by atoms with E-state index in [1.54, 1.807) is 6.07 Å². The Bertz CT molecular complexity index is 399. The molecule has 88 valence electrons. The van der Waals surface area contributed by atoms with Crippen LogP contribution < -0.4 is 4.74 Å². The van der Waals surface area contributed by atoms with Crippen molar-refractivity contribution >= 4 is 0 Å². The van der Waals surface area contributed by atoms with Crippen LogP contribution in [0.1, 0.15) is 31.4 Å². The molecule has 1 aliphatic rings. The summed E-state index contributed by atoms with van der Waals surface area (Å²) >= 11 is 0. The molecule has 1 aliphatic heterocycles. The van der Waals surface area contributed by atoms with Gasteiger partial charge in [0.2, 0.25) is 0 Å². The first-order valence-corrected chi connectivity index (χ1v) is 5.61. The standard InChI is InChI=1S/C13H17FO2/c1-13(2,4-5-15)11-8-10(14)7-9-3-6-16-12(9)11/h7-8,15H,3-6H2,1-2H3. The Labute approximate surface area is 95.1 Å². The molecule has 16 heavy (non-hydrogen) atoms. The van der Waals surface area contributed by atoms with Gasteiger partial charge in [0, 0.05) is 24.2 Å². The fourth-order valence-electron chi connectivity index (χ4n) is 2.19. The fraction of sp³-hybridized carbons (Fsp3) is 0.538. The van der Waals surface area contributed by atoms with Crippen LogP contribution in [0.3, 0.4) is 0 Å². The molecule has 2 nitrogen and oxygen atoms in total. The lowest BCUT2D eigenvalue weighted by Gasteiger charge is -2.26. The number of hydrogen-bond donors (Lipinski definition) is 1. The van der Waals surface area contributed by atoms with Crippen molar-refractivity contribution in [2.45, 2.75) is 32.1 Å². The maximum absolute atomic E-state index is 13.5. The first-order valence-electron chi connectivity index (χ1n) is 5.61. The van der Waals surface area contributed by atoms with Gasteiger partial charge in [-0.1, -0.05) is 13.8 Å². The van der Waals surface area contributed by atoms with Gasteiger partial charge in [-0.2, -0.15) is 0 Å². The van der Waals surface area contributed by atoms with Crippen molar-refractivity contribution in [3.63, 3.8) is 0 Å². The smallest absolute Gasteiger partial charge is 0.126 e. The normalized spacial score (nSPS) is 14.8. The maximum atomic E-state index is 13.5. The third kappa shape index (κ3) is 1.92. The molecule has 3 heteroatoms.